The van der Waals surface area contributed by atoms with Gasteiger partial charge >= 0.3 is 0 Å². The highest BCUT2D eigenvalue weighted by Gasteiger charge is 2.80. The van der Waals surface area contributed by atoms with Crippen molar-refractivity contribution in [2.75, 3.05) is 6.01 Å². The molecule has 1 N–H and O–H groups in total. The van der Waals surface area contributed by atoms with E-state index in [4.69, 9.17) is 25.5 Å². The van der Waals surface area contributed by atoms with Crippen LogP contribution in [0.2, 0.25) is 5.22 Å². The van der Waals surface area contributed by atoms with E-state index < -0.39 is 75.5 Å². The zero-order valence-electron chi connectivity index (χ0n) is 20.1. The Labute approximate surface area is 220 Å². The summed E-state index contributed by atoms with van der Waals surface area (Å²) in [6.07, 6.45) is -1.94. The Bertz CT molecular complexity index is 1240. The predicted octanol–water partition coefficient (Wildman–Crippen LogP) is 5.20. The van der Waals surface area contributed by atoms with Crippen molar-refractivity contribution in [3.8, 4) is 0 Å². The average Bonchev–Trinajstić information content (AvgIpc) is 3.50. The fourth-order valence-corrected chi connectivity index (χ4v) is 8.91. The monoisotopic (exact) mass is 558 g/mol. The van der Waals surface area contributed by atoms with Crippen molar-refractivity contribution in [2.45, 2.75) is 69.0 Å². The molecule has 0 radical (unpaired) electrons. The van der Waals surface area contributed by atoms with E-state index in [-0.39, 0.29) is 35.8 Å². The van der Waals surface area contributed by atoms with E-state index in [1.807, 2.05) is 0 Å². The maximum absolute atomic E-state index is 17.4. The molecule has 0 bridgehead atoms. The van der Waals surface area contributed by atoms with Gasteiger partial charge in [0.1, 0.15) is 12.2 Å². The molecule has 4 fully saturated rings. The van der Waals surface area contributed by atoms with Gasteiger partial charge in [-0.25, -0.2) is 13.2 Å². The van der Waals surface area contributed by atoms with E-state index in [0.717, 1.165) is 6.08 Å². The lowest BCUT2D eigenvalue weighted by molar-refractivity contribution is -0.233. The van der Waals surface area contributed by atoms with Crippen molar-refractivity contribution >= 4 is 34.3 Å². The Kier molecular flexibility index (Phi) is 5.70. The van der Waals surface area contributed by atoms with Gasteiger partial charge in [-0.3, -0.25) is 9.59 Å². The number of furan rings is 1. The Morgan fingerprint density at radius 1 is 1.27 bits per heavy atom. The van der Waals surface area contributed by atoms with Gasteiger partial charge in [0.05, 0.1) is 12.2 Å². The normalized spacial score (nSPS) is 48.2. The molecule has 1 aliphatic heterocycles. The van der Waals surface area contributed by atoms with Crippen LogP contribution in [0.3, 0.4) is 0 Å². The van der Waals surface area contributed by atoms with Crippen LogP contribution in [0, 0.1) is 22.7 Å². The second kappa shape index (κ2) is 8.21. The van der Waals surface area contributed by atoms with Crippen molar-refractivity contribution in [1.82, 2.24) is 0 Å². The Morgan fingerprint density at radius 3 is 2.70 bits per heavy atom. The highest BCUT2D eigenvalue weighted by atomic mass is 35.5. The second-order valence-corrected chi connectivity index (χ2v) is 12.3. The molecule has 1 saturated heterocycles. The number of rotatable bonds is 3. The first-order valence-corrected chi connectivity index (χ1v) is 13.6. The Hall–Kier alpha value is -1.59. The van der Waals surface area contributed by atoms with Crippen LogP contribution < -0.4 is 0 Å². The number of aliphatic hydroxyl groups excluding tert-OH is 1. The second-order valence-electron chi connectivity index (χ2n) is 11.1. The van der Waals surface area contributed by atoms with Gasteiger partial charge in [0.15, 0.2) is 28.0 Å². The summed E-state index contributed by atoms with van der Waals surface area (Å²) >= 11 is 6.33. The summed E-state index contributed by atoms with van der Waals surface area (Å²) in [5.41, 5.74) is -6.80. The first kappa shape index (κ1) is 25.7. The van der Waals surface area contributed by atoms with E-state index in [2.05, 4.69) is 0 Å². The molecule has 6 rings (SSSR count). The number of aliphatic hydroxyl groups is 1. The number of allylic oxidation sites excluding steroid dienone is 4. The number of carbonyl (C=O) groups excluding carboxylic acids is 2. The third-order valence-corrected chi connectivity index (χ3v) is 10.6. The number of fused-ring (bicyclic) bond motifs is 7. The van der Waals surface area contributed by atoms with Gasteiger partial charge in [0, 0.05) is 16.7 Å². The molecule has 1 aromatic heterocycles. The van der Waals surface area contributed by atoms with Gasteiger partial charge in [0.2, 0.25) is 11.4 Å². The molecule has 0 aromatic carbocycles. The minimum atomic E-state index is -2.31. The smallest absolute Gasteiger partial charge is 0.226 e. The summed E-state index contributed by atoms with van der Waals surface area (Å²) < 4.78 is 64.3. The first-order valence-electron chi connectivity index (χ1n) is 12.2. The molecule has 10 atom stereocenters. The number of hydrogen-bond acceptors (Lipinski definition) is 7. The molecule has 6 nitrogen and oxygen atoms in total. The quantitative estimate of drug-likeness (QED) is 0.545. The van der Waals surface area contributed by atoms with Gasteiger partial charge < -0.3 is 19.0 Å². The third-order valence-electron chi connectivity index (χ3n) is 9.68. The zero-order chi connectivity index (χ0) is 26.5. The van der Waals surface area contributed by atoms with Crippen LogP contribution in [-0.2, 0) is 19.1 Å². The molecule has 0 spiro atoms. The number of halogens is 4. The highest BCUT2D eigenvalue weighted by Crippen LogP contribution is 2.73. The van der Waals surface area contributed by atoms with E-state index in [1.54, 1.807) is 6.92 Å². The number of ketones is 1. The molecule has 1 aromatic rings. The Balaban J connectivity index is 1.45. The molecule has 11 heteroatoms. The molecule has 2 heterocycles. The van der Waals surface area contributed by atoms with Gasteiger partial charge in [-0.1, -0.05) is 24.8 Å². The number of carbonyl (C=O) groups is 2. The van der Waals surface area contributed by atoms with Crippen LogP contribution in [0.1, 0.15) is 45.2 Å². The number of hydrogen-bond donors (Lipinski definition) is 1. The summed E-state index contributed by atoms with van der Waals surface area (Å²) in [6, 6.07) is 2.02. The summed E-state index contributed by atoms with van der Waals surface area (Å²) in [4.78, 5) is 25.6. The molecule has 1 unspecified atom stereocenters. The van der Waals surface area contributed by atoms with Gasteiger partial charge in [-0.15, -0.1) is 0 Å². The van der Waals surface area contributed by atoms with Crippen LogP contribution in [0.5, 0.6) is 0 Å². The minimum absolute atomic E-state index is 0.0145. The van der Waals surface area contributed by atoms with Gasteiger partial charge in [-0.05, 0) is 73.6 Å². The SMILES string of the molecule is C[C@]12C=CC(=O)C=C1[C@@H](F)C[C@H]1[C@@H]3C[C@H]4OC(c5ccc(Cl)o5)O[C@@]4(C(=O)SCF)[C@@]3(C)C[C@H](O)[C@@]12F. The fraction of sp³-hybridized carbons (Fsp3) is 0.615. The van der Waals surface area contributed by atoms with E-state index >= 15 is 8.78 Å². The average molecular weight is 559 g/mol. The maximum Gasteiger partial charge on any atom is 0.226 e. The molecule has 5 aliphatic rings. The predicted molar refractivity (Wildman–Crippen MR) is 128 cm³/mol. The molecule has 200 valence electrons. The maximum atomic E-state index is 17.4. The Morgan fingerprint density at radius 2 is 2.03 bits per heavy atom. The molecule has 37 heavy (non-hydrogen) atoms. The van der Waals surface area contributed by atoms with Crippen molar-refractivity contribution in [2.24, 2.45) is 22.7 Å². The molecular weight excluding hydrogens is 533 g/mol. The number of alkyl halides is 3. The van der Waals surface area contributed by atoms with Crippen LogP contribution in [-0.4, -0.2) is 51.7 Å². The van der Waals surface area contributed by atoms with Gasteiger partial charge in [0.25, 0.3) is 0 Å². The summed E-state index contributed by atoms with van der Waals surface area (Å²) in [5.74, 6) is -1.88. The van der Waals surface area contributed by atoms with E-state index in [1.165, 1.54) is 31.2 Å². The van der Waals surface area contributed by atoms with Crippen LogP contribution in [0.15, 0.2) is 40.4 Å². The number of thioether (sulfide) groups is 1. The van der Waals surface area contributed by atoms with E-state index in [9.17, 15) is 19.1 Å². The molecule has 0 amide bonds. The fourth-order valence-electron chi connectivity index (χ4n) is 8.04. The molecule has 3 saturated carbocycles. The topological polar surface area (TPSA) is 86.0 Å². The van der Waals surface area contributed by atoms with Crippen molar-refractivity contribution in [3.63, 3.8) is 0 Å². The van der Waals surface area contributed by atoms with E-state index in [0.29, 0.717) is 11.8 Å². The van der Waals surface area contributed by atoms with Gasteiger partial charge in [-0.2, -0.15) is 0 Å². The number of ether oxygens (including phenoxy) is 2. The highest BCUT2D eigenvalue weighted by molar-refractivity contribution is 8.13. The zero-order valence-corrected chi connectivity index (χ0v) is 21.7. The largest absolute Gasteiger partial charge is 0.444 e. The molecule has 4 aliphatic carbocycles. The summed E-state index contributed by atoms with van der Waals surface area (Å²) in [7, 11) is 0. The van der Waals surface area contributed by atoms with Crippen LogP contribution >= 0.6 is 23.4 Å². The summed E-state index contributed by atoms with van der Waals surface area (Å²) in [6.45, 7) is 3.21. The van der Waals surface area contributed by atoms with Crippen molar-refractivity contribution in [1.29, 1.82) is 0 Å². The lowest BCUT2D eigenvalue weighted by Gasteiger charge is -2.63. The standard InChI is InChI=1S/C26H26ClF3O6S/c1-23-6-5-12(31)7-15(23)16(29)8-14-13-9-19-26(22(33)37-11-28,24(13,2)10-18(32)25(14,23)30)36-21(35-19)17-3-4-20(27)34-17/h3-7,13-14,16,18-19,21,32H,8-11H2,1-2H3/t13-,14-,16-,18-,19+,21?,23-,24-,25-,26-/m0/s1. The third kappa shape index (κ3) is 3.08. The van der Waals surface area contributed by atoms with Crippen LogP contribution in [0.4, 0.5) is 13.2 Å². The lowest BCUT2D eigenvalue weighted by Crippen LogP contribution is -2.70. The minimum Gasteiger partial charge on any atom is -0.444 e. The van der Waals surface area contributed by atoms with Crippen LogP contribution in [0.25, 0.3) is 0 Å². The van der Waals surface area contributed by atoms with Crippen molar-refractivity contribution < 1.29 is 41.8 Å². The van der Waals surface area contributed by atoms with Crippen molar-refractivity contribution in [3.05, 3.63) is 46.9 Å². The first-order chi connectivity index (χ1) is 17.4. The molecular formula is C26H26ClF3O6S. The lowest BCUT2D eigenvalue weighted by atomic mass is 9.44. The summed E-state index contributed by atoms with van der Waals surface area (Å²) in [5, 5.41) is 11.0.